The molecule has 0 aliphatic carbocycles. The quantitative estimate of drug-likeness (QED) is 0.364. The van der Waals surface area contributed by atoms with Gasteiger partial charge in [0, 0.05) is 29.0 Å². The monoisotopic (exact) mass is 400 g/mol. The van der Waals surface area contributed by atoms with Crippen LogP contribution < -0.4 is 10.4 Å². The molecule has 0 spiro atoms. The molecule has 0 aliphatic rings. The zero-order valence-electron chi connectivity index (χ0n) is 15.3. The van der Waals surface area contributed by atoms with Gasteiger partial charge in [0.2, 0.25) is 0 Å². The SMILES string of the molecule is COC(=O)CCc1cc2c(C)cc(=O)oc2cc1OC(=O)c1cccc(Cl)c1. The van der Waals surface area contributed by atoms with Gasteiger partial charge >= 0.3 is 17.6 Å². The fourth-order valence-electron chi connectivity index (χ4n) is 2.79. The van der Waals surface area contributed by atoms with Crippen LogP contribution in [0.25, 0.3) is 11.0 Å². The normalized spacial score (nSPS) is 10.7. The van der Waals surface area contributed by atoms with Gasteiger partial charge in [0.15, 0.2) is 0 Å². The Balaban J connectivity index is 2.03. The summed E-state index contributed by atoms with van der Waals surface area (Å²) in [6.07, 6.45) is 0.402. The van der Waals surface area contributed by atoms with Crippen molar-refractivity contribution in [3.05, 3.63) is 74.6 Å². The Bertz CT molecular complexity index is 1120. The molecule has 2 aromatic carbocycles. The van der Waals surface area contributed by atoms with E-state index in [1.54, 1.807) is 31.2 Å². The first-order valence-corrected chi connectivity index (χ1v) is 8.87. The summed E-state index contributed by atoms with van der Waals surface area (Å²) >= 11 is 5.93. The van der Waals surface area contributed by atoms with Crippen molar-refractivity contribution in [2.45, 2.75) is 19.8 Å². The summed E-state index contributed by atoms with van der Waals surface area (Å²) in [7, 11) is 1.31. The first kappa shape index (κ1) is 19.6. The number of hydrogen-bond acceptors (Lipinski definition) is 6. The number of carbonyl (C=O) groups is 2. The average molecular weight is 401 g/mol. The molecule has 0 fully saturated rings. The second kappa shape index (κ2) is 8.27. The van der Waals surface area contributed by atoms with Gasteiger partial charge in [0.05, 0.1) is 12.7 Å². The van der Waals surface area contributed by atoms with Gasteiger partial charge in [-0.15, -0.1) is 0 Å². The summed E-state index contributed by atoms with van der Waals surface area (Å²) in [5, 5.41) is 1.10. The molecular formula is C21H17ClO6. The Labute approximate surface area is 165 Å². The minimum atomic E-state index is -0.615. The number of esters is 2. The summed E-state index contributed by atoms with van der Waals surface area (Å²) in [4.78, 5) is 35.8. The van der Waals surface area contributed by atoms with Crippen molar-refractivity contribution in [2.75, 3.05) is 7.11 Å². The van der Waals surface area contributed by atoms with Crippen LogP contribution in [-0.4, -0.2) is 19.0 Å². The van der Waals surface area contributed by atoms with Crippen LogP contribution in [0.15, 0.2) is 51.7 Å². The molecule has 0 saturated carbocycles. The van der Waals surface area contributed by atoms with Crippen LogP contribution in [0.3, 0.4) is 0 Å². The van der Waals surface area contributed by atoms with Crippen molar-refractivity contribution in [1.29, 1.82) is 0 Å². The fraction of sp³-hybridized carbons (Fsp3) is 0.190. The summed E-state index contributed by atoms with van der Waals surface area (Å²) < 4.78 is 15.4. The van der Waals surface area contributed by atoms with Crippen LogP contribution in [0.4, 0.5) is 0 Å². The topological polar surface area (TPSA) is 82.8 Å². The van der Waals surface area contributed by atoms with Crippen molar-refractivity contribution in [2.24, 2.45) is 0 Å². The highest BCUT2D eigenvalue weighted by atomic mass is 35.5. The third kappa shape index (κ3) is 4.40. The van der Waals surface area contributed by atoms with Gasteiger partial charge in [-0.05, 0) is 48.7 Å². The van der Waals surface area contributed by atoms with E-state index in [-0.39, 0.29) is 23.7 Å². The molecule has 0 unspecified atom stereocenters. The second-order valence-electron chi connectivity index (χ2n) is 6.18. The fourth-order valence-corrected chi connectivity index (χ4v) is 2.98. The van der Waals surface area contributed by atoms with Crippen molar-refractivity contribution >= 4 is 34.5 Å². The molecule has 28 heavy (non-hydrogen) atoms. The van der Waals surface area contributed by atoms with Gasteiger partial charge in [0.1, 0.15) is 11.3 Å². The Morgan fingerprint density at radius 1 is 1.14 bits per heavy atom. The van der Waals surface area contributed by atoms with Crippen LogP contribution in [0.5, 0.6) is 5.75 Å². The Hall–Kier alpha value is -3.12. The maximum absolute atomic E-state index is 12.5. The zero-order chi connectivity index (χ0) is 20.3. The first-order valence-electron chi connectivity index (χ1n) is 8.49. The Kier molecular flexibility index (Phi) is 5.80. The number of aryl methyl sites for hydroxylation is 2. The van der Waals surface area contributed by atoms with Crippen molar-refractivity contribution in [3.63, 3.8) is 0 Å². The maximum atomic E-state index is 12.5. The molecule has 3 aromatic rings. The highest BCUT2D eigenvalue weighted by Gasteiger charge is 2.16. The van der Waals surface area contributed by atoms with Gasteiger partial charge in [0.25, 0.3) is 0 Å². The molecule has 1 aromatic heterocycles. The smallest absolute Gasteiger partial charge is 0.343 e. The average Bonchev–Trinajstić information content (AvgIpc) is 2.66. The van der Waals surface area contributed by atoms with E-state index in [4.69, 9.17) is 20.8 Å². The molecule has 6 nitrogen and oxygen atoms in total. The minimum absolute atomic E-state index is 0.111. The van der Waals surface area contributed by atoms with Gasteiger partial charge < -0.3 is 13.9 Å². The first-order chi connectivity index (χ1) is 13.4. The summed E-state index contributed by atoms with van der Waals surface area (Å²) in [6, 6.07) is 11.0. The number of hydrogen-bond donors (Lipinski definition) is 0. The molecule has 0 radical (unpaired) electrons. The van der Waals surface area contributed by atoms with Gasteiger partial charge in [-0.3, -0.25) is 4.79 Å². The number of fused-ring (bicyclic) bond motifs is 1. The predicted octanol–water partition coefficient (Wildman–Crippen LogP) is 4.08. The number of ether oxygens (including phenoxy) is 2. The summed E-state index contributed by atoms with van der Waals surface area (Å²) in [5.74, 6) is -0.796. The van der Waals surface area contributed by atoms with E-state index in [1.807, 2.05) is 0 Å². The van der Waals surface area contributed by atoms with Crippen LogP contribution in [0.1, 0.15) is 27.9 Å². The zero-order valence-corrected chi connectivity index (χ0v) is 16.0. The van der Waals surface area contributed by atoms with Gasteiger partial charge in [-0.2, -0.15) is 0 Å². The number of carbonyl (C=O) groups excluding carboxylic acids is 2. The largest absolute Gasteiger partial charge is 0.469 e. The van der Waals surface area contributed by atoms with E-state index >= 15 is 0 Å². The summed E-state index contributed by atoms with van der Waals surface area (Å²) in [6.45, 7) is 1.78. The van der Waals surface area contributed by atoms with Crippen molar-refractivity contribution in [3.8, 4) is 5.75 Å². The molecule has 0 atom stereocenters. The maximum Gasteiger partial charge on any atom is 0.343 e. The third-order valence-corrected chi connectivity index (χ3v) is 4.46. The minimum Gasteiger partial charge on any atom is -0.469 e. The van der Waals surface area contributed by atoms with Gasteiger partial charge in [-0.1, -0.05) is 17.7 Å². The van der Waals surface area contributed by atoms with E-state index in [9.17, 15) is 14.4 Å². The Morgan fingerprint density at radius 2 is 1.93 bits per heavy atom. The Morgan fingerprint density at radius 3 is 2.64 bits per heavy atom. The van der Waals surface area contributed by atoms with Crippen LogP contribution >= 0.6 is 11.6 Å². The molecule has 1 heterocycles. The van der Waals surface area contributed by atoms with E-state index in [0.717, 1.165) is 5.56 Å². The van der Waals surface area contributed by atoms with Crippen molar-refractivity contribution < 1.29 is 23.5 Å². The third-order valence-electron chi connectivity index (χ3n) is 4.22. The lowest BCUT2D eigenvalue weighted by Crippen LogP contribution is -2.11. The van der Waals surface area contributed by atoms with E-state index in [1.165, 1.54) is 25.3 Å². The predicted molar refractivity (Wildman–Crippen MR) is 104 cm³/mol. The van der Waals surface area contributed by atoms with E-state index < -0.39 is 11.6 Å². The molecule has 0 amide bonds. The molecule has 3 rings (SSSR count). The molecule has 0 saturated heterocycles. The molecule has 0 bridgehead atoms. The standard InChI is InChI=1S/C21H17ClO6/c1-12-8-20(24)27-18-11-17(13(10-16(12)18)6-7-19(23)26-2)28-21(25)14-4-3-5-15(22)9-14/h3-5,8-11H,6-7H2,1-2H3. The highest BCUT2D eigenvalue weighted by Crippen LogP contribution is 2.29. The molecule has 0 aliphatic heterocycles. The lowest BCUT2D eigenvalue weighted by atomic mass is 10.0. The van der Waals surface area contributed by atoms with Gasteiger partial charge in [-0.25, -0.2) is 9.59 Å². The van der Waals surface area contributed by atoms with Crippen LogP contribution in [0, 0.1) is 6.92 Å². The molecule has 7 heteroatoms. The van der Waals surface area contributed by atoms with E-state index in [0.29, 0.717) is 28.0 Å². The van der Waals surface area contributed by atoms with Crippen LogP contribution in [0.2, 0.25) is 5.02 Å². The van der Waals surface area contributed by atoms with Crippen LogP contribution in [-0.2, 0) is 16.0 Å². The molecular weight excluding hydrogens is 384 g/mol. The molecule has 0 N–H and O–H groups in total. The van der Waals surface area contributed by atoms with Crippen molar-refractivity contribution in [1.82, 2.24) is 0 Å². The molecule has 144 valence electrons. The lowest BCUT2D eigenvalue weighted by molar-refractivity contribution is -0.140. The summed E-state index contributed by atoms with van der Waals surface area (Å²) in [5.41, 5.74) is 1.40. The number of halogens is 1. The van der Waals surface area contributed by atoms with E-state index in [2.05, 4.69) is 4.74 Å². The highest BCUT2D eigenvalue weighted by molar-refractivity contribution is 6.30. The number of benzene rings is 2. The number of methoxy groups -OCH3 is 1. The lowest BCUT2D eigenvalue weighted by Gasteiger charge is -2.12. The number of rotatable bonds is 5. The second-order valence-corrected chi connectivity index (χ2v) is 6.62.